The van der Waals surface area contributed by atoms with Crippen LogP contribution in [0.1, 0.15) is 46.1 Å². The fourth-order valence-electron chi connectivity index (χ4n) is 2.20. The summed E-state index contributed by atoms with van der Waals surface area (Å²) in [6.07, 6.45) is -0.680. The molecule has 3 N–H and O–H groups in total. The van der Waals surface area contributed by atoms with Crippen LogP contribution in [-0.2, 0) is 25.7 Å². The second-order valence-electron chi connectivity index (χ2n) is 7.35. The molecule has 0 aliphatic heterocycles. The fraction of sp³-hybridized carbons (Fsp3) is 0.550. The predicted octanol–water partition coefficient (Wildman–Crippen LogP) is 1.90. The summed E-state index contributed by atoms with van der Waals surface area (Å²) in [6.45, 7) is 6.68. The molecule has 0 unspecified atom stereocenters. The standard InChI is InChI=1S/C20H30N2O6/c1-5-15(12-23)21-18(25)16(22-19(26)28-20(2,3)4)11-17(24)27-13-14-9-7-6-8-10-14/h6-10,15-16,23H,5,11-13H2,1-4H3,(H,21,25)(H,22,26)/t15-,16+/m1/s1. The number of aliphatic hydroxyl groups excluding tert-OH is 1. The summed E-state index contributed by atoms with van der Waals surface area (Å²) >= 11 is 0. The van der Waals surface area contributed by atoms with Crippen molar-refractivity contribution in [1.82, 2.24) is 10.6 Å². The molecule has 0 heterocycles. The summed E-state index contributed by atoms with van der Waals surface area (Å²) in [5.74, 6) is -1.24. The van der Waals surface area contributed by atoms with Gasteiger partial charge in [-0.05, 0) is 32.8 Å². The molecule has 0 bridgehead atoms. The molecule has 2 atom stereocenters. The lowest BCUT2D eigenvalue weighted by atomic mass is 10.1. The summed E-state index contributed by atoms with van der Waals surface area (Å²) in [7, 11) is 0. The van der Waals surface area contributed by atoms with Crippen LogP contribution in [0.4, 0.5) is 4.79 Å². The third-order valence-electron chi connectivity index (χ3n) is 3.68. The van der Waals surface area contributed by atoms with E-state index in [0.29, 0.717) is 6.42 Å². The molecule has 2 amide bonds. The summed E-state index contributed by atoms with van der Waals surface area (Å²) in [5.41, 5.74) is 0.0546. The van der Waals surface area contributed by atoms with Crippen LogP contribution in [0.5, 0.6) is 0 Å². The summed E-state index contributed by atoms with van der Waals surface area (Å²) in [6, 6.07) is 7.45. The van der Waals surface area contributed by atoms with Gasteiger partial charge in [0.15, 0.2) is 0 Å². The van der Waals surface area contributed by atoms with Crippen molar-refractivity contribution in [1.29, 1.82) is 0 Å². The van der Waals surface area contributed by atoms with E-state index in [0.717, 1.165) is 5.56 Å². The SMILES string of the molecule is CC[C@H](CO)NC(=O)[C@H](CC(=O)OCc1ccccc1)NC(=O)OC(C)(C)C. The molecule has 1 aromatic carbocycles. The van der Waals surface area contributed by atoms with Crippen molar-refractivity contribution in [2.24, 2.45) is 0 Å². The fourth-order valence-corrected chi connectivity index (χ4v) is 2.20. The third kappa shape index (κ3) is 9.36. The molecule has 1 rings (SSSR count). The smallest absolute Gasteiger partial charge is 0.408 e. The normalized spacial score (nSPS) is 13.2. The topological polar surface area (TPSA) is 114 Å². The third-order valence-corrected chi connectivity index (χ3v) is 3.68. The molecule has 0 radical (unpaired) electrons. The van der Waals surface area contributed by atoms with E-state index >= 15 is 0 Å². The van der Waals surface area contributed by atoms with Gasteiger partial charge in [-0.2, -0.15) is 0 Å². The minimum Gasteiger partial charge on any atom is -0.461 e. The second-order valence-corrected chi connectivity index (χ2v) is 7.35. The van der Waals surface area contributed by atoms with Gasteiger partial charge in [0.2, 0.25) is 5.91 Å². The highest BCUT2D eigenvalue weighted by molar-refractivity contribution is 5.89. The van der Waals surface area contributed by atoms with E-state index in [1.165, 1.54) is 0 Å². The number of alkyl carbamates (subject to hydrolysis) is 1. The van der Waals surface area contributed by atoms with E-state index in [-0.39, 0.29) is 19.6 Å². The zero-order valence-corrected chi connectivity index (χ0v) is 16.9. The lowest BCUT2D eigenvalue weighted by Crippen LogP contribution is -2.52. The molecule has 0 aliphatic rings. The van der Waals surface area contributed by atoms with E-state index < -0.39 is 35.7 Å². The highest BCUT2D eigenvalue weighted by atomic mass is 16.6. The number of benzene rings is 1. The molecule has 0 aliphatic carbocycles. The van der Waals surface area contributed by atoms with Gasteiger partial charge < -0.3 is 25.2 Å². The Kier molecular flexibility index (Phi) is 9.44. The van der Waals surface area contributed by atoms with Gasteiger partial charge in [0, 0.05) is 0 Å². The molecule has 0 saturated heterocycles. The van der Waals surface area contributed by atoms with Gasteiger partial charge in [-0.15, -0.1) is 0 Å². The maximum absolute atomic E-state index is 12.5. The largest absolute Gasteiger partial charge is 0.461 e. The van der Waals surface area contributed by atoms with Crippen molar-refractivity contribution in [3.8, 4) is 0 Å². The van der Waals surface area contributed by atoms with E-state index in [1.54, 1.807) is 27.7 Å². The summed E-state index contributed by atoms with van der Waals surface area (Å²) in [5, 5.41) is 14.3. The Hall–Kier alpha value is -2.61. The van der Waals surface area contributed by atoms with Crippen LogP contribution in [0, 0.1) is 0 Å². The van der Waals surface area contributed by atoms with Gasteiger partial charge in [-0.25, -0.2) is 4.79 Å². The molecule has 0 fully saturated rings. The average Bonchev–Trinajstić information content (AvgIpc) is 2.63. The quantitative estimate of drug-likeness (QED) is 0.551. The summed E-state index contributed by atoms with van der Waals surface area (Å²) in [4.78, 5) is 36.7. The van der Waals surface area contributed by atoms with E-state index in [2.05, 4.69) is 10.6 Å². The van der Waals surface area contributed by atoms with Crippen molar-refractivity contribution in [2.75, 3.05) is 6.61 Å². The van der Waals surface area contributed by atoms with E-state index in [1.807, 2.05) is 30.3 Å². The Bertz CT molecular complexity index is 638. The van der Waals surface area contributed by atoms with Gasteiger partial charge in [0.1, 0.15) is 18.2 Å². The number of amides is 2. The molecule has 8 heteroatoms. The molecular weight excluding hydrogens is 364 g/mol. The monoisotopic (exact) mass is 394 g/mol. The second kappa shape index (κ2) is 11.3. The number of ether oxygens (including phenoxy) is 2. The number of aliphatic hydroxyl groups is 1. The zero-order chi connectivity index (χ0) is 21.2. The lowest BCUT2D eigenvalue weighted by Gasteiger charge is -2.24. The van der Waals surface area contributed by atoms with Crippen molar-refractivity contribution in [2.45, 2.75) is 64.8 Å². The van der Waals surface area contributed by atoms with Gasteiger partial charge in [0.25, 0.3) is 0 Å². The van der Waals surface area contributed by atoms with Crippen molar-refractivity contribution in [3.63, 3.8) is 0 Å². The van der Waals surface area contributed by atoms with Crippen molar-refractivity contribution >= 4 is 18.0 Å². The maximum atomic E-state index is 12.5. The minimum absolute atomic E-state index is 0.0642. The van der Waals surface area contributed by atoms with Crippen molar-refractivity contribution in [3.05, 3.63) is 35.9 Å². The average molecular weight is 394 g/mol. The number of carbonyl (C=O) groups is 3. The molecular formula is C20H30N2O6. The molecule has 0 aromatic heterocycles. The Morgan fingerprint density at radius 2 is 1.75 bits per heavy atom. The Balaban J connectivity index is 2.73. The molecule has 28 heavy (non-hydrogen) atoms. The van der Waals surface area contributed by atoms with Crippen LogP contribution >= 0.6 is 0 Å². The van der Waals surface area contributed by atoms with Gasteiger partial charge in [0.05, 0.1) is 19.1 Å². The first-order chi connectivity index (χ1) is 13.1. The van der Waals surface area contributed by atoms with Crippen LogP contribution in [0.25, 0.3) is 0 Å². The van der Waals surface area contributed by atoms with E-state index in [4.69, 9.17) is 9.47 Å². The van der Waals surface area contributed by atoms with Crippen molar-refractivity contribution < 1.29 is 29.0 Å². The number of nitrogens with one attached hydrogen (secondary N) is 2. The van der Waals surface area contributed by atoms with E-state index in [9.17, 15) is 19.5 Å². The van der Waals surface area contributed by atoms with Crippen LogP contribution < -0.4 is 10.6 Å². The number of hydrogen-bond donors (Lipinski definition) is 3. The first kappa shape index (κ1) is 23.4. The highest BCUT2D eigenvalue weighted by Crippen LogP contribution is 2.08. The Morgan fingerprint density at radius 1 is 1.11 bits per heavy atom. The minimum atomic E-state index is -1.18. The van der Waals surface area contributed by atoms with Gasteiger partial charge in [-0.3, -0.25) is 9.59 Å². The first-order valence-corrected chi connectivity index (χ1v) is 9.25. The lowest BCUT2D eigenvalue weighted by molar-refractivity contribution is -0.147. The van der Waals surface area contributed by atoms with Gasteiger partial charge >= 0.3 is 12.1 Å². The van der Waals surface area contributed by atoms with Gasteiger partial charge in [-0.1, -0.05) is 37.3 Å². The molecule has 0 spiro atoms. The molecule has 1 aromatic rings. The Labute approximate surface area is 165 Å². The van der Waals surface area contributed by atoms with Crippen LogP contribution in [0.3, 0.4) is 0 Å². The number of carbonyl (C=O) groups excluding carboxylic acids is 3. The number of esters is 1. The Morgan fingerprint density at radius 3 is 2.29 bits per heavy atom. The number of hydrogen-bond acceptors (Lipinski definition) is 6. The van der Waals surface area contributed by atoms with Crippen LogP contribution in [0.2, 0.25) is 0 Å². The molecule has 0 saturated carbocycles. The molecule has 156 valence electrons. The number of rotatable bonds is 9. The predicted molar refractivity (Wildman–Crippen MR) is 103 cm³/mol. The highest BCUT2D eigenvalue weighted by Gasteiger charge is 2.28. The van der Waals surface area contributed by atoms with Crippen LogP contribution in [-0.4, -0.2) is 47.4 Å². The van der Waals surface area contributed by atoms with Crippen LogP contribution in [0.15, 0.2) is 30.3 Å². The maximum Gasteiger partial charge on any atom is 0.408 e. The molecule has 8 nitrogen and oxygen atoms in total. The zero-order valence-electron chi connectivity index (χ0n) is 16.9. The first-order valence-electron chi connectivity index (χ1n) is 9.25. The summed E-state index contributed by atoms with van der Waals surface area (Å²) < 4.78 is 10.3.